The Hall–Kier alpha value is -0.630. The van der Waals surface area contributed by atoms with Crippen LogP contribution >= 0.6 is 0 Å². The van der Waals surface area contributed by atoms with E-state index in [0.29, 0.717) is 18.3 Å². The van der Waals surface area contributed by atoms with Gasteiger partial charge in [-0.3, -0.25) is 4.79 Å². The van der Waals surface area contributed by atoms with Crippen molar-refractivity contribution in [2.75, 3.05) is 0 Å². The van der Waals surface area contributed by atoms with E-state index in [1.807, 2.05) is 0 Å². The van der Waals surface area contributed by atoms with Gasteiger partial charge in [0, 0.05) is 17.3 Å². The van der Waals surface area contributed by atoms with Crippen molar-refractivity contribution >= 4 is 5.78 Å². The number of rotatable bonds is 0. The van der Waals surface area contributed by atoms with Crippen LogP contribution in [-0.2, 0) is 4.79 Å². The van der Waals surface area contributed by atoms with Crippen molar-refractivity contribution in [1.82, 2.24) is 0 Å². The Bertz CT molecular complexity index is 562. The molecule has 4 aliphatic rings. The second-order valence-electron chi connectivity index (χ2n) is 9.70. The molecule has 0 aromatic rings. The molecule has 1 N–H and O–H groups in total. The molecule has 4 saturated carbocycles. The minimum absolute atomic E-state index is 0.132. The SMILES string of the molecule is C=C1C[C@@]23CC[C@@H]4C(C)(C)CCC[C@]4(C)[C@@]2(O)C(=O)C[C@@H]1C3. The molecule has 0 amide bonds. The lowest BCUT2D eigenvalue weighted by molar-refractivity contribution is -0.244. The lowest BCUT2D eigenvalue weighted by atomic mass is 9.39. The molecule has 1 spiro atoms. The van der Waals surface area contributed by atoms with Gasteiger partial charge in [-0.1, -0.05) is 39.3 Å². The normalized spacial score (nSPS) is 53.1. The zero-order valence-electron chi connectivity index (χ0n) is 14.4. The average Bonchev–Trinajstić information content (AvgIpc) is 2.68. The van der Waals surface area contributed by atoms with Gasteiger partial charge in [0.2, 0.25) is 0 Å². The van der Waals surface area contributed by atoms with Crippen LogP contribution in [0, 0.1) is 28.1 Å². The number of hydrogen-bond acceptors (Lipinski definition) is 2. The lowest BCUT2D eigenvalue weighted by Crippen LogP contribution is -2.71. The fourth-order valence-electron chi connectivity index (χ4n) is 7.41. The Morgan fingerprint density at radius 3 is 2.64 bits per heavy atom. The maximum atomic E-state index is 13.1. The first-order valence-electron chi connectivity index (χ1n) is 9.10. The number of Topliss-reactive ketones (excluding diaryl/α,β-unsaturated/α-hetero) is 1. The number of aliphatic hydroxyl groups is 1. The van der Waals surface area contributed by atoms with Gasteiger partial charge < -0.3 is 5.11 Å². The van der Waals surface area contributed by atoms with Crippen LogP contribution in [0.4, 0.5) is 0 Å². The van der Waals surface area contributed by atoms with Gasteiger partial charge in [0.1, 0.15) is 5.60 Å². The first-order chi connectivity index (χ1) is 10.2. The highest BCUT2D eigenvalue weighted by Crippen LogP contribution is 2.72. The van der Waals surface area contributed by atoms with Crippen LogP contribution in [0.2, 0.25) is 0 Å². The molecule has 4 aliphatic carbocycles. The molecule has 4 fully saturated rings. The molecule has 22 heavy (non-hydrogen) atoms. The molecule has 4 rings (SSSR count). The summed E-state index contributed by atoms with van der Waals surface area (Å²) in [7, 11) is 0. The van der Waals surface area contributed by atoms with E-state index in [2.05, 4.69) is 27.4 Å². The topological polar surface area (TPSA) is 37.3 Å². The van der Waals surface area contributed by atoms with Gasteiger partial charge in [-0.25, -0.2) is 0 Å². The lowest BCUT2D eigenvalue weighted by Gasteiger charge is -2.66. The van der Waals surface area contributed by atoms with Crippen LogP contribution in [0.1, 0.15) is 72.1 Å². The highest BCUT2D eigenvalue weighted by molar-refractivity contribution is 5.91. The van der Waals surface area contributed by atoms with Gasteiger partial charge >= 0.3 is 0 Å². The van der Waals surface area contributed by atoms with Crippen LogP contribution < -0.4 is 0 Å². The molecule has 5 atom stereocenters. The molecule has 0 heterocycles. The summed E-state index contributed by atoms with van der Waals surface area (Å²) in [5.74, 6) is 0.926. The molecular formula is C20H30O2. The highest BCUT2D eigenvalue weighted by atomic mass is 16.3. The second-order valence-corrected chi connectivity index (χ2v) is 9.70. The minimum atomic E-state index is -1.11. The number of fused-ring (bicyclic) bond motifs is 3. The average molecular weight is 302 g/mol. The summed E-state index contributed by atoms with van der Waals surface area (Å²) in [4.78, 5) is 13.1. The van der Waals surface area contributed by atoms with Gasteiger partial charge in [0.25, 0.3) is 0 Å². The molecule has 0 unspecified atom stereocenters. The maximum absolute atomic E-state index is 13.1. The smallest absolute Gasteiger partial charge is 0.166 e. The van der Waals surface area contributed by atoms with Crippen molar-refractivity contribution in [3.05, 3.63) is 12.2 Å². The molecule has 2 bridgehead atoms. The molecule has 0 aliphatic heterocycles. The van der Waals surface area contributed by atoms with E-state index < -0.39 is 5.60 Å². The summed E-state index contributed by atoms with van der Waals surface area (Å²) in [6, 6.07) is 0. The summed E-state index contributed by atoms with van der Waals surface area (Å²) in [6.45, 7) is 11.2. The largest absolute Gasteiger partial charge is 0.381 e. The summed E-state index contributed by atoms with van der Waals surface area (Å²) >= 11 is 0. The molecule has 2 nitrogen and oxygen atoms in total. The Kier molecular flexibility index (Phi) is 2.76. The van der Waals surface area contributed by atoms with E-state index >= 15 is 0 Å². The van der Waals surface area contributed by atoms with E-state index in [9.17, 15) is 9.90 Å². The zero-order chi connectivity index (χ0) is 16.0. The Balaban J connectivity index is 1.88. The summed E-state index contributed by atoms with van der Waals surface area (Å²) in [6.07, 6.45) is 7.94. The predicted octanol–water partition coefficient (Wildman–Crippen LogP) is 4.27. The quantitative estimate of drug-likeness (QED) is 0.679. The molecule has 0 aromatic heterocycles. The van der Waals surface area contributed by atoms with Gasteiger partial charge in [0.05, 0.1) is 0 Å². The zero-order valence-corrected chi connectivity index (χ0v) is 14.4. The minimum Gasteiger partial charge on any atom is -0.381 e. The number of carbonyl (C=O) groups excluding carboxylic acids is 1. The second kappa shape index (κ2) is 4.06. The van der Waals surface area contributed by atoms with Crippen molar-refractivity contribution in [2.45, 2.75) is 77.7 Å². The molecule has 0 saturated heterocycles. The third kappa shape index (κ3) is 1.44. The molecule has 0 radical (unpaired) electrons. The van der Waals surface area contributed by atoms with Crippen LogP contribution in [0.25, 0.3) is 0 Å². The molecule has 0 aromatic carbocycles. The van der Waals surface area contributed by atoms with Gasteiger partial charge in [0.15, 0.2) is 5.78 Å². The Morgan fingerprint density at radius 2 is 1.91 bits per heavy atom. The molecular weight excluding hydrogens is 272 g/mol. The third-order valence-corrected chi connectivity index (χ3v) is 8.35. The fourth-order valence-corrected chi connectivity index (χ4v) is 7.41. The van der Waals surface area contributed by atoms with Crippen molar-refractivity contribution in [1.29, 1.82) is 0 Å². The van der Waals surface area contributed by atoms with Gasteiger partial charge in [-0.05, 0) is 55.8 Å². The van der Waals surface area contributed by atoms with Crippen LogP contribution in [0.3, 0.4) is 0 Å². The summed E-state index contributed by atoms with van der Waals surface area (Å²) < 4.78 is 0. The van der Waals surface area contributed by atoms with Crippen LogP contribution in [0.5, 0.6) is 0 Å². The highest BCUT2D eigenvalue weighted by Gasteiger charge is 2.74. The standard InChI is InChI=1S/C20H30O2/c1-13-11-19-9-6-15-17(2,3)7-5-8-18(15,4)20(19,22)16(21)10-14(13)12-19/h14-15,22H,1,5-12H2,2-4H3/t14-,15-,18+,19-,20+/m1/s1. The van der Waals surface area contributed by atoms with Crippen LogP contribution in [-0.4, -0.2) is 16.5 Å². The van der Waals surface area contributed by atoms with Gasteiger partial charge in [-0.15, -0.1) is 0 Å². The number of ketones is 1. The van der Waals surface area contributed by atoms with Gasteiger partial charge in [-0.2, -0.15) is 0 Å². The Labute approximate surface area is 134 Å². The van der Waals surface area contributed by atoms with E-state index in [4.69, 9.17) is 0 Å². The fraction of sp³-hybridized carbons (Fsp3) is 0.850. The predicted molar refractivity (Wildman–Crippen MR) is 87.3 cm³/mol. The number of allylic oxidation sites excluding steroid dienone is 1. The van der Waals surface area contributed by atoms with E-state index in [1.54, 1.807) is 0 Å². The van der Waals surface area contributed by atoms with Crippen molar-refractivity contribution in [3.63, 3.8) is 0 Å². The third-order valence-electron chi connectivity index (χ3n) is 8.35. The first kappa shape index (κ1) is 14.9. The van der Waals surface area contributed by atoms with Crippen molar-refractivity contribution < 1.29 is 9.90 Å². The Morgan fingerprint density at radius 1 is 1.18 bits per heavy atom. The number of carbonyl (C=O) groups is 1. The monoisotopic (exact) mass is 302 g/mol. The summed E-state index contributed by atoms with van der Waals surface area (Å²) in [5, 5.41) is 12.0. The van der Waals surface area contributed by atoms with Crippen molar-refractivity contribution in [3.8, 4) is 0 Å². The van der Waals surface area contributed by atoms with Crippen LogP contribution in [0.15, 0.2) is 12.2 Å². The molecule has 2 heteroatoms. The van der Waals surface area contributed by atoms with E-state index in [1.165, 1.54) is 18.4 Å². The van der Waals surface area contributed by atoms with Crippen molar-refractivity contribution in [2.24, 2.45) is 28.1 Å². The first-order valence-corrected chi connectivity index (χ1v) is 9.10. The molecule has 122 valence electrons. The number of hydrogen-bond donors (Lipinski definition) is 1. The summed E-state index contributed by atoms with van der Waals surface area (Å²) in [5.41, 5.74) is -0.114. The maximum Gasteiger partial charge on any atom is 0.166 e. The van der Waals surface area contributed by atoms with E-state index in [-0.39, 0.29) is 22.0 Å². The van der Waals surface area contributed by atoms with E-state index in [0.717, 1.165) is 32.1 Å².